The fraction of sp³-hybridized carbons (Fsp3) is 0.550. The van der Waals surface area contributed by atoms with Gasteiger partial charge in [-0.1, -0.05) is 12.5 Å². The van der Waals surface area contributed by atoms with Gasteiger partial charge in [-0.05, 0) is 51.3 Å². The van der Waals surface area contributed by atoms with Gasteiger partial charge >= 0.3 is 5.97 Å². The highest BCUT2D eigenvalue weighted by Crippen LogP contribution is 2.23. The summed E-state index contributed by atoms with van der Waals surface area (Å²) < 4.78 is 32.2. The van der Waals surface area contributed by atoms with E-state index >= 15 is 0 Å². The third-order valence-electron chi connectivity index (χ3n) is 5.19. The molecule has 0 unspecified atom stereocenters. The molecule has 0 N–H and O–H groups in total. The number of rotatable bonds is 6. The van der Waals surface area contributed by atoms with Gasteiger partial charge in [0.05, 0.1) is 16.5 Å². The van der Waals surface area contributed by atoms with Crippen molar-refractivity contribution < 1.29 is 22.7 Å². The summed E-state index contributed by atoms with van der Waals surface area (Å²) in [4.78, 5) is 25.9. The number of hydrogen-bond acceptors (Lipinski definition) is 6. The highest BCUT2D eigenvalue weighted by atomic mass is 32.2. The Bertz CT molecular complexity index is 928. The van der Waals surface area contributed by atoms with Crippen LogP contribution in [-0.4, -0.2) is 61.8 Å². The molecule has 9 heteroatoms. The van der Waals surface area contributed by atoms with E-state index in [9.17, 15) is 18.0 Å². The molecule has 0 spiro atoms. The molecule has 0 radical (unpaired) electrons. The average molecular weight is 422 g/mol. The molecule has 1 aromatic carbocycles. The van der Waals surface area contributed by atoms with Gasteiger partial charge in [-0.3, -0.25) is 4.79 Å². The molecule has 8 nitrogen and oxygen atoms in total. The monoisotopic (exact) mass is 421 g/mol. The Kier molecular flexibility index (Phi) is 7.03. The summed E-state index contributed by atoms with van der Waals surface area (Å²) >= 11 is 0. The first kappa shape index (κ1) is 22.8. The van der Waals surface area contributed by atoms with E-state index in [1.807, 2.05) is 6.07 Å². The summed E-state index contributed by atoms with van der Waals surface area (Å²) in [6.07, 6.45) is 2.63. The molecular formula is C20H27N3O5S. The molecule has 0 saturated carbocycles. The minimum absolute atomic E-state index is 0.0333. The number of sulfonamides is 1. The number of aryl methyl sites for hydroxylation is 1. The van der Waals surface area contributed by atoms with Crippen LogP contribution in [-0.2, 0) is 19.6 Å². The maximum atomic E-state index is 12.9. The van der Waals surface area contributed by atoms with Crippen molar-refractivity contribution in [1.29, 1.82) is 5.26 Å². The van der Waals surface area contributed by atoms with E-state index in [-0.39, 0.29) is 10.5 Å². The van der Waals surface area contributed by atoms with Crippen LogP contribution in [0.25, 0.3) is 0 Å². The molecule has 1 aliphatic rings. The summed E-state index contributed by atoms with van der Waals surface area (Å²) in [5.74, 6) is -1.31. The van der Waals surface area contributed by atoms with E-state index in [0.29, 0.717) is 18.7 Å². The molecule has 0 aliphatic carbocycles. The third-order valence-corrected chi connectivity index (χ3v) is 7.09. The van der Waals surface area contributed by atoms with E-state index < -0.39 is 34.0 Å². The van der Waals surface area contributed by atoms with Crippen LogP contribution < -0.4 is 0 Å². The van der Waals surface area contributed by atoms with Crippen LogP contribution in [0, 0.1) is 18.3 Å². The number of amides is 1. The van der Waals surface area contributed by atoms with Crippen molar-refractivity contribution in [2.45, 2.75) is 50.5 Å². The Morgan fingerprint density at radius 2 is 1.86 bits per heavy atom. The second-order valence-corrected chi connectivity index (χ2v) is 9.58. The van der Waals surface area contributed by atoms with Gasteiger partial charge in [0.15, 0.2) is 6.61 Å². The molecule has 0 atom stereocenters. The number of ether oxygens (including phenoxy) is 1. The molecule has 0 aromatic heterocycles. The van der Waals surface area contributed by atoms with E-state index in [2.05, 4.69) is 0 Å². The van der Waals surface area contributed by atoms with Crippen molar-refractivity contribution in [2.24, 2.45) is 0 Å². The number of benzene rings is 1. The molecule has 158 valence electrons. The smallest absolute Gasteiger partial charge is 0.338 e. The molecule has 1 aliphatic heterocycles. The normalized spacial score (nSPS) is 15.4. The zero-order valence-electron chi connectivity index (χ0n) is 17.3. The molecule has 1 fully saturated rings. The Balaban J connectivity index is 2.16. The lowest BCUT2D eigenvalue weighted by Gasteiger charge is -2.28. The number of carbonyl (C=O) groups excluding carboxylic acids is 2. The summed E-state index contributed by atoms with van der Waals surface area (Å²) in [6.45, 7) is 5.21. The van der Waals surface area contributed by atoms with Crippen LogP contribution in [0.4, 0.5) is 0 Å². The first-order chi connectivity index (χ1) is 13.5. The zero-order chi connectivity index (χ0) is 21.8. The van der Waals surface area contributed by atoms with E-state index in [1.54, 1.807) is 26.8 Å². The summed E-state index contributed by atoms with van der Waals surface area (Å²) in [5.41, 5.74) is -0.397. The summed E-state index contributed by atoms with van der Waals surface area (Å²) in [7, 11) is -2.23. The Morgan fingerprint density at radius 1 is 1.24 bits per heavy atom. The first-order valence-corrected chi connectivity index (χ1v) is 10.9. The molecule has 1 aromatic rings. The maximum Gasteiger partial charge on any atom is 0.338 e. The number of likely N-dealkylation sites (N-methyl/N-ethyl adjacent to an activating group) is 1. The number of nitriles is 1. The Morgan fingerprint density at radius 3 is 2.45 bits per heavy atom. The van der Waals surface area contributed by atoms with E-state index in [4.69, 9.17) is 10.00 Å². The van der Waals surface area contributed by atoms with Gasteiger partial charge in [0.2, 0.25) is 10.0 Å². The second kappa shape index (κ2) is 8.93. The predicted molar refractivity (Wildman–Crippen MR) is 107 cm³/mol. The number of hydrogen-bond donors (Lipinski definition) is 0. The predicted octanol–water partition coefficient (Wildman–Crippen LogP) is 2.09. The lowest BCUT2D eigenvalue weighted by molar-refractivity contribution is -0.136. The standard InChI is InChI=1S/C20H27N3O5S/c1-15-8-9-16(29(26,27)23-10-6-5-7-11-23)12-17(15)19(25)28-13-18(24)22(4)20(2,3)14-21/h8-9,12H,5-7,10-11,13H2,1-4H3. The lowest BCUT2D eigenvalue weighted by atomic mass is 10.1. The molecular weight excluding hydrogens is 394 g/mol. The van der Waals surface area contributed by atoms with Gasteiger partial charge in [-0.25, -0.2) is 13.2 Å². The van der Waals surface area contributed by atoms with Crippen molar-refractivity contribution in [3.63, 3.8) is 0 Å². The quantitative estimate of drug-likeness (QED) is 0.651. The van der Waals surface area contributed by atoms with Crippen LogP contribution in [0.5, 0.6) is 0 Å². The Hall–Kier alpha value is -2.44. The minimum atomic E-state index is -3.69. The van der Waals surface area contributed by atoms with Crippen LogP contribution in [0.1, 0.15) is 49.0 Å². The highest BCUT2D eigenvalue weighted by Gasteiger charge is 2.29. The highest BCUT2D eigenvalue weighted by molar-refractivity contribution is 7.89. The van der Waals surface area contributed by atoms with Crippen molar-refractivity contribution >= 4 is 21.9 Å². The largest absolute Gasteiger partial charge is 0.452 e. The number of piperidine rings is 1. The van der Waals surface area contributed by atoms with Crippen molar-refractivity contribution in [3.8, 4) is 6.07 Å². The number of nitrogens with zero attached hydrogens (tertiary/aromatic N) is 3. The Labute approximate surface area is 172 Å². The van der Waals surface area contributed by atoms with Gasteiger partial charge in [0.25, 0.3) is 5.91 Å². The number of carbonyl (C=O) groups is 2. The lowest BCUT2D eigenvalue weighted by Crippen LogP contribution is -2.45. The molecule has 1 amide bonds. The minimum Gasteiger partial charge on any atom is -0.452 e. The number of esters is 1. The zero-order valence-corrected chi connectivity index (χ0v) is 18.1. The van der Waals surface area contributed by atoms with E-state index in [0.717, 1.165) is 19.3 Å². The molecule has 1 heterocycles. The van der Waals surface area contributed by atoms with Gasteiger partial charge in [0, 0.05) is 20.1 Å². The molecule has 1 saturated heterocycles. The SMILES string of the molecule is Cc1ccc(S(=O)(=O)N2CCCCC2)cc1C(=O)OCC(=O)N(C)C(C)(C)C#N. The average Bonchev–Trinajstić information content (AvgIpc) is 2.71. The van der Waals surface area contributed by atoms with Crippen molar-refractivity contribution in [2.75, 3.05) is 26.7 Å². The van der Waals surface area contributed by atoms with Crippen LogP contribution in [0.2, 0.25) is 0 Å². The van der Waals surface area contributed by atoms with Gasteiger partial charge < -0.3 is 9.64 Å². The van der Waals surface area contributed by atoms with Crippen molar-refractivity contribution in [1.82, 2.24) is 9.21 Å². The molecule has 0 bridgehead atoms. The van der Waals surface area contributed by atoms with Crippen LogP contribution >= 0.6 is 0 Å². The van der Waals surface area contributed by atoms with Crippen LogP contribution in [0.3, 0.4) is 0 Å². The first-order valence-electron chi connectivity index (χ1n) is 9.46. The van der Waals surface area contributed by atoms with Gasteiger partial charge in [-0.2, -0.15) is 9.57 Å². The second-order valence-electron chi connectivity index (χ2n) is 7.64. The van der Waals surface area contributed by atoms with Crippen molar-refractivity contribution in [3.05, 3.63) is 29.3 Å². The fourth-order valence-electron chi connectivity index (χ4n) is 2.92. The van der Waals surface area contributed by atoms with E-state index in [1.165, 1.54) is 28.4 Å². The third kappa shape index (κ3) is 5.14. The van der Waals surface area contributed by atoms with Gasteiger partial charge in [-0.15, -0.1) is 0 Å². The fourth-order valence-corrected chi connectivity index (χ4v) is 4.47. The molecule has 2 rings (SSSR count). The maximum absolute atomic E-state index is 12.9. The van der Waals surface area contributed by atoms with Gasteiger partial charge in [0.1, 0.15) is 5.54 Å². The topological polar surface area (TPSA) is 108 Å². The summed E-state index contributed by atoms with van der Waals surface area (Å²) in [6, 6.07) is 6.33. The van der Waals surface area contributed by atoms with Crippen LogP contribution in [0.15, 0.2) is 23.1 Å². The molecule has 29 heavy (non-hydrogen) atoms. The summed E-state index contributed by atoms with van der Waals surface area (Å²) in [5, 5.41) is 9.11.